The number of nitrogens with one attached hydrogen (secondary N) is 1. The maximum Gasteiger partial charge on any atom is 0.123 e. The van der Waals surface area contributed by atoms with Gasteiger partial charge < -0.3 is 10.1 Å². The molecule has 1 N–H and O–H groups in total. The van der Waals surface area contributed by atoms with Crippen molar-refractivity contribution in [3.63, 3.8) is 0 Å². The van der Waals surface area contributed by atoms with E-state index in [2.05, 4.69) is 19.2 Å². The Labute approximate surface area is 125 Å². The maximum absolute atomic E-state index is 13.4. The number of halogens is 2. The van der Waals surface area contributed by atoms with Gasteiger partial charge in [0.15, 0.2) is 0 Å². The van der Waals surface area contributed by atoms with Crippen molar-refractivity contribution in [3.8, 4) is 0 Å². The van der Waals surface area contributed by atoms with E-state index in [1.807, 2.05) is 0 Å². The Morgan fingerprint density at radius 1 is 1.50 bits per heavy atom. The third-order valence-electron chi connectivity index (χ3n) is 3.95. The molecular formula is C16H23ClFNO. The van der Waals surface area contributed by atoms with Crippen LogP contribution in [0, 0.1) is 11.7 Å². The van der Waals surface area contributed by atoms with Crippen molar-refractivity contribution < 1.29 is 9.13 Å². The second-order valence-corrected chi connectivity index (χ2v) is 6.01. The van der Waals surface area contributed by atoms with Gasteiger partial charge in [-0.25, -0.2) is 4.39 Å². The van der Waals surface area contributed by atoms with Crippen molar-refractivity contribution in [1.29, 1.82) is 0 Å². The third-order valence-corrected chi connectivity index (χ3v) is 4.31. The molecule has 0 spiro atoms. The van der Waals surface area contributed by atoms with E-state index in [0.717, 1.165) is 31.6 Å². The van der Waals surface area contributed by atoms with Gasteiger partial charge in [-0.1, -0.05) is 25.4 Å². The van der Waals surface area contributed by atoms with Crippen LogP contribution in [0.1, 0.15) is 32.3 Å². The van der Waals surface area contributed by atoms with Crippen LogP contribution in [0.15, 0.2) is 18.2 Å². The molecule has 0 saturated carbocycles. The zero-order valence-electron chi connectivity index (χ0n) is 12.2. The molecular weight excluding hydrogens is 277 g/mol. The average Bonchev–Trinajstić information content (AvgIpc) is 2.84. The Hall–Kier alpha value is -0.640. The molecule has 0 amide bonds. The topological polar surface area (TPSA) is 21.3 Å². The number of benzene rings is 1. The van der Waals surface area contributed by atoms with Gasteiger partial charge in [-0.3, -0.25) is 0 Å². The van der Waals surface area contributed by atoms with Crippen LogP contribution in [0.3, 0.4) is 0 Å². The molecule has 1 aromatic rings. The zero-order valence-corrected chi connectivity index (χ0v) is 12.9. The molecule has 1 aliphatic rings. The van der Waals surface area contributed by atoms with Gasteiger partial charge in [0.25, 0.3) is 0 Å². The lowest BCUT2D eigenvalue weighted by Gasteiger charge is -2.27. The Kier molecular flexibility index (Phi) is 5.82. The van der Waals surface area contributed by atoms with Crippen LogP contribution in [0.4, 0.5) is 4.39 Å². The largest absolute Gasteiger partial charge is 0.376 e. The minimum absolute atomic E-state index is 0.181. The van der Waals surface area contributed by atoms with Gasteiger partial charge >= 0.3 is 0 Å². The SMILES string of the molecule is CCCNC(Cc1cc(F)ccc1Cl)C1OCCC1C. The summed E-state index contributed by atoms with van der Waals surface area (Å²) in [5.41, 5.74) is 0.850. The van der Waals surface area contributed by atoms with Gasteiger partial charge in [0.2, 0.25) is 0 Å². The number of hydrogen-bond donors (Lipinski definition) is 1. The lowest BCUT2D eigenvalue weighted by atomic mass is 9.92. The lowest BCUT2D eigenvalue weighted by molar-refractivity contribution is 0.0610. The third kappa shape index (κ3) is 3.94. The molecule has 1 saturated heterocycles. The minimum atomic E-state index is -0.237. The predicted octanol–water partition coefficient (Wildman–Crippen LogP) is 3.81. The molecule has 3 unspecified atom stereocenters. The van der Waals surface area contributed by atoms with Crippen LogP contribution >= 0.6 is 11.6 Å². The molecule has 1 fully saturated rings. The Balaban J connectivity index is 2.12. The maximum atomic E-state index is 13.4. The monoisotopic (exact) mass is 299 g/mol. The van der Waals surface area contributed by atoms with E-state index in [9.17, 15) is 4.39 Å². The quantitative estimate of drug-likeness (QED) is 0.862. The summed E-state index contributed by atoms with van der Waals surface area (Å²) in [7, 11) is 0. The minimum Gasteiger partial charge on any atom is -0.376 e. The molecule has 20 heavy (non-hydrogen) atoms. The van der Waals surface area contributed by atoms with Gasteiger partial charge in [0, 0.05) is 17.7 Å². The standard InChI is InChI=1S/C16H23ClFNO/c1-3-7-19-15(16-11(2)6-8-20-16)10-12-9-13(18)4-5-14(12)17/h4-5,9,11,15-16,19H,3,6-8,10H2,1-2H3. The summed E-state index contributed by atoms with van der Waals surface area (Å²) in [4.78, 5) is 0. The smallest absolute Gasteiger partial charge is 0.123 e. The first-order valence-corrected chi connectivity index (χ1v) is 7.78. The second-order valence-electron chi connectivity index (χ2n) is 5.60. The Morgan fingerprint density at radius 2 is 2.30 bits per heavy atom. The first-order chi connectivity index (χ1) is 9.61. The van der Waals surface area contributed by atoms with Gasteiger partial charge in [-0.2, -0.15) is 0 Å². The van der Waals surface area contributed by atoms with E-state index in [4.69, 9.17) is 16.3 Å². The Bertz CT molecular complexity index is 440. The first-order valence-electron chi connectivity index (χ1n) is 7.40. The Morgan fingerprint density at radius 3 is 2.95 bits per heavy atom. The molecule has 0 aliphatic carbocycles. The molecule has 0 aromatic heterocycles. The summed E-state index contributed by atoms with van der Waals surface area (Å²) in [6.45, 7) is 6.10. The number of hydrogen-bond acceptors (Lipinski definition) is 2. The second kappa shape index (κ2) is 7.39. The van der Waals surface area contributed by atoms with Crippen molar-refractivity contribution in [3.05, 3.63) is 34.6 Å². The van der Waals surface area contributed by atoms with Crippen LogP contribution < -0.4 is 5.32 Å². The molecule has 0 radical (unpaired) electrons. The summed E-state index contributed by atoms with van der Waals surface area (Å²) in [6.07, 6.45) is 3.03. The highest BCUT2D eigenvalue weighted by Gasteiger charge is 2.32. The fourth-order valence-electron chi connectivity index (χ4n) is 2.80. The average molecular weight is 300 g/mol. The molecule has 0 bridgehead atoms. The first kappa shape index (κ1) is 15.7. The molecule has 3 atom stereocenters. The normalized spacial score (nSPS) is 24.0. The highest BCUT2D eigenvalue weighted by Crippen LogP contribution is 2.27. The number of ether oxygens (including phenoxy) is 1. The molecule has 2 nitrogen and oxygen atoms in total. The van der Waals surface area contributed by atoms with E-state index >= 15 is 0 Å². The van der Waals surface area contributed by atoms with Crippen LogP contribution in [0.25, 0.3) is 0 Å². The van der Waals surface area contributed by atoms with Crippen LogP contribution in [0.5, 0.6) is 0 Å². The van der Waals surface area contributed by atoms with E-state index < -0.39 is 0 Å². The van der Waals surface area contributed by atoms with Crippen molar-refractivity contribution in [1.82, 2.24) is 5.32 Å². The van der Waals surface area contributed by atoms with Crippen molar-refractivity contribution >= 4 is 11.6 Å². The van der Waals surface area contributed by atoms with Crippen molar-refractivity contribution in [2.75, 3.05) is 13.2 Å². The molecule has 1 aromatic carbocycles. The van der Waals surface area contributed by atoms with E-state index in [1.165, 1.54) is 12.1 Å². The summed E-state index contributed by atoms with van der Waals surface area (Å²) in [5.74, 6) is 0.288. The fourth-order valence-corrected chi connectivity index (χ4v) is 3.00. The van der Waals surface area contributed by atoms with Crippen molar-refractivity contribution in [2.24, 2.45) is 5.92 Å². The molecule has 2 rings (SSSR count). The molecule has 1 heterocycles. The van der Waals surface area contributed by atoms with Crippen LogP contribution in [0.2, 0.25) is 5.02 Å². The van der Waals surface area contributed by atoms with Crippen molar-refractivity contribution in [2.45, 2.75) is 45.3 Å². The summed E-state index contributed by atoms with van der Waals surface area (Å²) in [6, 6.07) is 4.74. The number of rotatable bonds is 6. The van der Waals surface area contributed by atoms with E-state index in [-0.39, 0.29) is 18.0 Å². The van der Waals surface area contributed by atoms with Gasteiger partial charge in [-0.05, 0) is 55.5 Å². The van der Waals surface area contributed by atoms with Gasteiger partial charge in [-0.15, -0.1) is 0 Å². The highest BCUT2D eigenvalue weighted by atomic mass is 35.5. The molecule has 4 heteroatoms. The van der Waals surface area contributed by atoms with Gasteiger partial charge in [0.1, 0.15) is 5.82 Å². The molecule has 112 valence electrons. The van der Waals surface area contributed by atoms with E-state index in [1.54, 1.807) is 6.07 Å². The molecule has 1 aliphatic heterocycles. The van der Waals surface area contributed by atoms with Gasteiger partial charge in [0.05, 0.1) is 6.10 Å². The highest BCUT2D eigenvalue weighted by molar-refractivity contribution is 6.31. The zero-order chi connectivity index (χ0) is 14.5. The van der Waals surface area contributed by atoms with E-state index in [0.29, 0.717) is 17.4 Å². The predicted molar refractivity (Wildman–Crippen MR) is 80.7 cm³/mol. The fraction of sp³-hybridized carbons (Fsp3) is 0.625. The summed E-state index contributed by atoms with van der Waals surface area (Å²) < 4.78 is 19.3. The summed E-state index contributed by atoms with van der Waals surface area (Å²) in [5, 5.41) is 4.16. The summed E-state index contributed by atoms with van der Waals surface area (Å²) >= 11 is 6.18. The lowest BCUT2D eigenvalue weighted by Crippen LogP contribution is -2.44. The van der Waals surface area contributed by atoms with Crippen LogP contribution in [-0.4, -0.2) is 25.3 Å². The van der Waals surface area contributed by atoms with Crippen LogP contribution in [-0.2, 0) is 11.2 Å².